The molecule has 0 amide bonds. The van der Waals surface area contributed by atoms with Crippen LogP contribution in [0.4, 0.5) is 0 Å². The zero-order chi connectivity index (χ0) is 6.83. The van der Waals surface area contributed by atoms with Crippen molar-refractivity contribution >= 4 is 11.9 Å². The van der Waals surface area contributed by atoms with Gasteiger partial charge in [-0.15, -0.1) is 0 Å². The van der Waals surface area contributed by atoms with Gasteiger partial charge in [0.15, 0.2) is 24.4 Å². The summed E-state index contributed by atoms with van der Waals surface area (Å²) in [4.78, 5) is 17.5. The van der Waals surface area contributed by atoms with E-state index in [4.69, 9.17) is 19.8 Å². The number of carbonyl (C=O) groups excluding carboxylic acids is 2. The van der Waals surface area contributed by atoms with Gasteiger partial charge in [-0.1, -0.05) is 0 Å². The molecule has 0 heterocycles. The maximum absolute atomic E-state index is 8.74. The molecule has 53 valence electrons. The molecule has 0 rings (SSSR count). The molecule has 5 heteroatoms. The molecule has 0 aliphatic rings. The average Bonchev–Trinajstić information content (AvgIpc) is 1.88. The van der Waals surface area contributed by atoms with Gasteiger partial charge in [-0.25, -0.2) is 9.59 Å². The molecule has 9 heavy (non-hydrogen) atoms. The van der Waals surface area contributed by atoms with Gasteiger partial charge in [0, 0.05) is 16.8 Å². The number of hydrogen-bond donors (Lipinski definition) is 2. The molecule has 1 radical (unpaired) electrons. The second kappa shape index (κ2) is 28.0. The summed E-state index contributed by atoms with van der Waals surface area (Å²) >= 11 is 0. The molecule has 0 aliphatic heterocycles. The van der Waals surface area contributed by atoms with Crippen LogP contribution in [0.25, 0.3) is 0 Å². The fourth-order valence-electron chi connectivity index (χ4n) is 0. The van der Waals surface area contributed by atoms with E-state index in [1.54, 1.807) is 0 Å². The minimum absolute atomic E-state index is 0. The van der Waals surface area contributed by atoms with Crippen molar-refractivity contribution in [3.63, 3.8) is 0 Å². The van der Waals surface area contributed by atoms with E-state index >= 15 is 0 Å². The maximum atomic E-state index is 8.74. The molecule has 0 spiro atoms. The van der Waals surface area contributed by atoms with Crippen molar-refractivity contribution in [3.05, 3.63) is 12.5 Å². The molecule has 0 bridgehead atoms. The third-order valence-corrected chi connectivity index (χ3v) is 0.105. The molecule has 0 saturated heterocycles. The van der Waals surface area contributed by atoms with E-state index in [1.165, 1.54) is 0 Å². The van der Waals surface area contributed by atoms with Crippen LogP contribution in [-0.2, 0) is 26.4 Å². The Morgan fingerprint density at radius 2 is 1.11 bits per heavy atom. The van der Waals surface area contributed by atoms with Crippen molar-refractivity contribution in [2.24, 2.45) is 0 Å². The van der Waals surface area contributed by atoms with E-state index in [0.29, 0.717) is 12.5 Å². The molecule has 0 saturated carbocycles. The summed E-state index contributed by atoms with van der Waals surface area (Å²) in [5.74, 6) is 2.22. The fraction of sp³-hybridized carbons (Fsp3) is 0. The van der Waals surface area contributed by atoms with Gasteiger partial charge in [-0.3, -0.25) is 0 Å². The fourth-order valence-corrected chi connectivity index (χ4v) is 0. The average molecular weight is 175 g/mol. The minimum atomic E-state index is 0. The van der Waals surface area contributed by atoms with E-state index in [9.17, 15) is 0 Å². The van der Waals surface area contributed by atoms with Crippen LogP contribution in [0.15, 0.2) is 12.5 Å². The van der Waals surface area contributed by atoms with Crippen LogP contribution >= 0.6 is 0 Å². The SMILES string of the molecule is O=C=CO.O=C=CO.[Co]. The molecule has 4 nitrogen and oxygen atoms in total. The first-order chi connectivity index (χ1) is 3.83. The largest absolute Gasteiger partial charge is 0.504 e. The summed E-state index contributed by atoms with van der Waals surface area (Å²) in [6.45, 7) is 0. The molecule has 0 fully saturated rings. The van der Waals surface area contributed by atoms with Crippen LogP contribution in [0.1, 0.15) is 0 Å². The minimum Gasteiger partial charge on any atom is -0.504 e. The van der Waals surface area contributed by atoms with Gasteiger partial charge in [0.25, 0.3) is 0 Å². The van der Waals surface area contributed by atoms with Crippen molar-refractivity contribution in [2.75, 3.05) is 0 Å². The van der Waals surface area contributed by atoms with Crippen LogP contribution in [0.2, 0.25) is 0 Å². The van der Waals surface area contributed by atoms with Gasteiger partial charge in [0.2, 0.25) is 0 Å². The maximum Gasteiger partial charge on any atom is 0.163 e. The first kappa shape index (κ1) is 15.7. The Hall–Kier alpha value is -0.994. The first-order valence-corrected chi connectivity index (χ1v) is 1.50. The zero-order valence-electron chi connectivity index (χ0n) is 4.20. The van der Waals surface area contributed by atoms with Crippen LogP contribution < -0.4 is 0 Å². The number of aliphatic hydroxyl groups excluding tert-OH is 2. The van der Waals surface area contributed by atoms with Crippen LogP contribution in [0.5, 0.6) is 0 Å². The second-order valence-corrected chi connectivity index (χ2v) is 0.494. The molecule has 0 aliphatic carbocycles. The number of rotatable bonds is 0. The summed E-state index contributed by atoms with van der Waals surface area (Å²) < 4.78 is 0. The van der Waals surface area contributed by atoms with Gasteiger partial charge in [-0.05, 0) is 0 Å². The van der Waals surface area contributed by atoms with Crippen molar-refractivity contribution < 1.29 is 36.6 Å². The van der Waals surface area contributed by atoms with Crippen LogP contribution in [-0.4, -0.2) is 22.1 Å². The van der Waals surface area contributed by atoms with Crippen LogP contribution in [0.3, 0.4) is 0 Å². The topological polar surface area (TPSA) is 74.6 Å². The van der Waals surface area contributed by atoms with Gasteiger partial charge in [0.1, 0.15) is 0 Å². The third-order valence-electron chi connectivity index (χ3n) is 0.105. The Morgan fingerprint density at radius 1 is 1.00 bits per heavy atom. The second-order valence-electron chi connectivity index (χ2n) is 0.494. The summed E-state index contributed by atoms with van der Waals surface area (Å²) in [5, 5.41) is 14.7. The Labute approximate surface area is 61.7 Å². The molecule has 0 aromatic carbocycles. The summed E-state index contributed by atoms with van der Waals surface area (Å²) in [7, 11) is 0. The third kappa shape index (κ3) is 173. The molecule has 0 atom stereocenters. The van der Waals surface area contributed by atoms with Gasteiger partial charge in [-0.2, -0.15) is 0 Å². The predicted molar refractivity (Wildman–Crippen MR) is 25.8 cm³/mol. The quantitative estimate of drug-likeness (QED) is 0.394. The molecular formula is C4H4CoO4. The van der Waals surface area contributed by atoms with E-state index in [1.807, 2.05) is 0 Å². The van der Waals surface area contributed by atoms with Gasteiger partial charge >= 0.3 is 0 Å². The Morgan fingerprint density at radius 3 is 1.11 bits per heavy atom. The predicted octanol–water partition coefficient (Wildman–Crippen LogP) is -0.223. The molecule has 2 N–H and O–H groups in total. The molecule has 0 aromatic heterocycles. The smallest absolute Gasteiger partial charge is 0.163 e. The van der Waals surface area contributed by atoms with Crippen molar-refractivity contribution in [1.82, 2.24) is 0 Å². The Kier molecular flexibility index (Phi) is 48.7. The first-order valence-electron chi connectivity index (χ1n) is 1.50. The molecular weight excluding hydrogens is 171 g/mol. The van der Waals surface area contributed by atoms with Crippen molar-refractivity contribution in [1.29, 1.82) is 0 Å². The monoisotopic (exact) mass is 175 g/mol. The summed E-state index contributed by atoms with van der Waals surface area (Å²) in [6, 6.07) is 0. The van der Waals surface area contributed by atoms with Gasteiger partial charge < -0.3 is 10.2 Å². The Balaban J connectivity index is -0.0000000720. The normalized spacial score (nSPS) is 3.56. The van der Waals surface area contributed by atoms with Crippen LogP contribution in [0, 0.1) is 0 Å². The summed E-state index contributed by atoms with van der Waals surface area (Å²) in [6.07, 6.45) is 0.639. The number of aliphatic hydroxyl groups is 2. The van der Waals surface area contributed by atoms with E-state index in [-0.39, 0.29) is 16.8 Å². The summed E-state index contributed by atoms with van der Waals surface area (Å²) in [5.41, 5.74) is 0. The molecule has 0 aromatic rings. The Bertz CT molecular complexity index is 105. The zero-order valence-corrected chi connectivity index (χ0v) is 5.24. The number of hydrogen-bond acceptors (Lipinski definition) is 4. The van der Waals surface area contributed by atoms with Crippen molar-refractivity contribution in [3.8, 4) is 0 Å². The van der Waals surface area contributed by atoms with E-state index < -0.39 is 0 Å². The van der Waals surface area contributed by atoms with Gasteiger partial charge in [0.05, 0.1) is 0 Å². The van der Waals surface area contributed by atoms with E-state index in [2.05, 4.69) is 0 Å². The van der Waals surface area contributed by atoms with Crippen molar-refractivity contribution in [2.45, 2.75) is 0 Å². The van der Waals surface area contributed by atoms with E-state index in [0.717, 1.165) is 11.9 Å². The molecule has 0 unspecified atom stereocenters. The standard InChI is InChI=1S/2C2H2O2.Co/c2*3-1-2-4;/h2*1,3H;.